The summed E-state index contributed by atoms with van der Waals surface area (Å²) in [5, 5.41) is 14.3. The van der Waals surface area contributed by atoms with Crippen molar-refractivity contribution in [3.8, 4) is 11.1 Å². The first-order valence-corrected chi connectivity index (χ1v) is 11.0. The molecule has 7 heteroatoms. The van der Waals surface area contributed by atoms with Gasteiger partial charge in [-0.15, -0.1) is 0 Å². The zero-order valence-electron chi connectivity index (χ0n) is 18.5. The number of benzene rings is 2. The Bertz CT molecular complexity index is 929. The predicted molar refractivity (Wildman–Crippen MR) is 121 cm³/mol. The van der Waals surface area contributed by atoms with Crippen molar-refractivity contribution >= 4 is 18.0 Å². The number of fused-ring (bicyclic) bond motifs is 3. The van der Waals surface area contributed by atoms with Crippen LogP contribution in [0.3, 0.4) is 0 Å². The van der Waals surface area contributed by atoms with E-state index in [2.05, 4.69) is 34.9 Å². The van der Waals surface area contributed by atoms with Gasteiger partial charge in [0, 0.05) is 24.9 Å². The van der Waals surface area contributed by atoms with Crippen LogP contribution < -0.4 is 10.6 Å². The second-order valence-electron chi connectivity index (χ2n) is 8.31. The minimum Gasteiger partial charge on any atom is -0.481 e. The Balaban J connectivity index is 1.42. The maximum atomic E-state index is 12.3. The number of carboxylic acids is 1. The first-order chi connectivity index (χ1) is 15.4. The number of nitrogens with one attached hydrogen (secondary N) is 2. The van der Waals surface area contributed by atoms with Gasteiger partial charge in [0.2, 0.25) is 5.91 Å². The second-order valence-corrected chi connectivity index (χ2v) is 8.31. The van der Waals surface area contributed by atoms with E-state index < -0.39 is 18.0 Å². The van der Waals surface area contributed by atoms with Gasteiger partial charge in [-0.05, 0) is 42.0 Å². The van der Waals surface area contributed by atoms with Crippen LogP contribution in [-0.4, -0.2) is 42.3 Å². The third-order valence-electron chi connectivity index (χ3n) is 5.76. The number of hydrogen-bond donors (Lipinski definition) is 3. The van der Waals surface area contributed by atoms with E-state index in [1.807, 2.05) is 24.3 Å². The summed E-state index contributed by atoms with van der Waals surface area (Å²) in [5.74, 6) is -1.47. The highest BCUT2D eigenvalue weighted by molar-refractivity contribution is 5.79. The van der Waals surface area contributed by atoms with Crippen LogP contribution in [0.4, 0.5) is 4.79 Å². The zero-order chi connectivity index (χ0) is 23.1. The van der Waals surface area contributed by atoms with Crippen LogP contribution in [0.5, 0.6) is 0 Å². The third-order valence-corrected chi connectivity index (χ3v) is 5.76. The van der Waals surface area contributed by atoms with E-state index in [1.165, 1.54) is 11.1 Å². The summed E-state index contributed by atoms with van der Waals surface area (Å²) in [6, 6.07) is 15.9. The van der Waals surface area contributed by atoms with E-state index in [1.54, 1.807) is 13.8 Å². The lowest BCUT2D eigenvalue weighted by Crippen LogP contribution is -2.38. The molecule has 0 saturated carbocycles. The van der Waals surface area contributed by atoms with Crippen LogP contribution in [0, 0.1) is 5.92 Å². The summed E-state index contributed by atoms with van der Waals surface area (Å²) in [7, 11) is 0. The summed E-state index contributed by atoms with van der Waals surface area (Å²) in [6.07, 6.45) is 0.664. The van der Waals surface area contributed by atoms with Crippen molar-refractivity contribution in [2.75, 3.05) is 13.2 Å². The second kappa shape index (κ2) is 10.8. The van der Waals surface area contributed by atoms with Crippen molar-refractivity contribution in [3.05, 3.63) is 59.7 Å². The number of carbonyl (C=O) groups is 3. The quantitative estimate of drug-likeness (QED) is 0.488. The topological polar surface area (TPSA) is 105 Å². The molecular formula is C25H30N2O5. The molecule has 1 aliphatic rings. The van der Waals surface area contributed by atoms with Crippen molar-refractivity contribution in [1.29, 1.82) is 0 Å². The van der Waals surface area contributed by atoms with Crippen LogP contribution in [0.25, 0.3) is 11.1 Å². The molecule has 170 valence electrons. The molecule has 2 atom stereocenters. The number of aliphatic carboxylic acids is 1. The van der Waals surface area contributed by atoms with E-state index in [0.717, 1.165) is 11.1 Å². The van der Waals surface area contributed by atoms with Gasteiger partial charge < -0.3 is 20.5 Å². The fourth-order valence-corrected chi connectivity index (χ4v) is 4.00. The van der Waals surface area contributed by atoms with Crippen molar-refractivity contribution in [2.24, 2.45) is 5.92 Å². The van der Waals surface area contributed by atoms with Crippen LogP contribution in [0.1, 0.15) is 50.2 Å². The minimum absolute atomic E-state index is 0.0139. The molecule has 1 unspecified atom stereocenters. The van der Waals surface area contributed by atoms with Crippen LogP contribution in [0.2, 0.25) is 0 Å². The van der Waals surface area contributed by atoms with Crippen LogP contribution in [-0.2, 0) is 14.3 Å². The predicted octanol–water partition coefficient (Wildman–Crippen LogP) is 3.92. The summed E-state index contributed by atoms with van der Waals surface area (Å²) >= 11 is 0. The number of rotatable bonds is 10. The SMILES string of the molecule is CC(CCCNC(=O)C[C@@H](C)NC(=O)OCC1c2ccccc2-c2ccccc21)C(=O)O. The number of hydrogen-bond acceptors (Lipinski definition) is 4. The average molecular weight is 439 g/mol. The largest absolute Gasteiger partial charge is 0.481 e. The Morgan fingerprint density at radius 3 is 2.19 bits per heavy atom. The Hall–Kier alpha value is -3.35. The van der Waals surface area contributed by atoms with Gasteiger partial charge in [-0.1, -0.05) is 55.5 Å². The number of amides is 2. The maximum Gasteiger partial charge on any atom is 0.407 e. The number of alkyl carbamates (subject to hydrolysis) is 1. The van der Waals surface area contributed by atoms with E-state index in [-0.39, 0.29) is 30.9 Å². The van der Waals surface area contributed by atoms with Gasteiger partial charge in [0.15, 0.2) is 0 Å². The van der Waals surface area contributed by atoms with Crippen LogP contribution >= 0.6 is 0 Å². The summed E-state index contributed by atoms with van der Waals surface area (Å²) in [4.78, 5) is 35.1. The molecular weight excluding hydrogens is 408 g/mol. The van der Waals surface area contributed by atoms with Gasteiger partial charge in [-0.2, -0.15) is 0 Å². The fraction of sp³-hybridized carbons (Fsp3) is 0.400. The highest BCUT2D eigenvalue weighted by atomic mass is 16.5. The molecule has 2 aromatic rings. The molecule has 0 spiro atoms. The van der Waals surface area contributed by atoms with E-state index in [9.17, 15) is 14.4 Å². The Labute approximate surface area is 188 Å². The van der Waals surface area contributed by atoms with E-state index in [4.69, 9.17) is 9.84 Å². The molecule has 0 aliphatic heterocycles. The van der Waals surface area contributed by atoms with Gasteiger partial charge in [0.25, 0.3) is 0 Å². The minimum atomic E-state index is -0.836. The monoisotopic (exact) mass is 438 g/mol. The molecule has 32 heavy (non-hydrogen) atoms. The van der Waals surface area contributed by atoms with Crippen molar-refractivity contribution in [2.45, 2.75) is 45.1 Å². The van der Waals surface area contributed by atoms with Gasteiger partial charge in [0.05, 0.1) is 5.92 Å². The molecule has 7 nitrogen and oxygen atoms in total. The smallest absolute Gasteiger partial charge is 0.407 e. The van der Waals surface area contributed by atoms with Crippen molar-refractivity contribution in [3.63, 3.8) is 0 Å². The Kier molecular flexibility index (Phi) is 7.87. The molecule has 0 fully saturated rings. The molecule has 0 radical (unpaired) electrons. The third kappa shape index (κ3) is 5.87. The molecule has 0 saturated heterocycles. The zero-order valence-corrected chi connectivity index (χ0v) is 18.5. The first-order valence-electron chi connectivity index (χ1n) is 11.0. The maximum absolute atomic E-state index is 12.3. The molecule has 3 rings (SSSR count). The Morgan fingerprint density at radius 1 is 1.00 bits per heavy atom. The van der Waals surface area contributed by atoms with Crippen LogP contribution in [0.15, 0.2) is 48.5 Å². The summed E-state index contributed by atoms with van der Waals surface area (Å²) in [5.41, 5.74) is 4.62. The average Bonchev–Trinajstić information content (AvgIpc) is 3.08. The molecule has 3 N–H and O–H groups in total. The van der Waals surface area contributed by atoms with Gasteiger partial charge in [-0.25, -0.2) is 4.79 Å². The fourth-order valence-electron chi connectivity index (χ4n) is 4.00. The molecule has 2 amide bonds. The number of ether oxygens (including phenoxy) is 1. The van der Waals surface area contributed by atoms with Crippen molar-refractivity contribution < 1.29 is 24.2 Å². The summed E-state index contributed by atoms with van der Waals surface area (Å²) in [6.45, 7) is 4.02. The van der Waals surface area contributed by atoms with Crippen molar-refractivity contribution in [1.82, 2.24) is 10.6 Å². The first kappa shape index (κ1) is 23.3. The number of carbonyl (C=O) groups excluding carboxylic acids is 2. The lowest BCUT2D eigenvalue weighted by molar-refractivity contribution is -0.141. The molecule has 0 aromatic heterocycles. The normalized spacial score (nSPS) is 14.1. The summed E-state index contributed by atoms with van der Waals surface area (Å²) < 4.78 is 5.50. The molecule has 2 aromatic carbocycles. The van der Waals surface area contributed by atoms with Gasteiger partial charge >= 0.3 is 12.1 Å². The molecule has 0 heterocycles. The van der Waals surface area contributed by atoms with E-state index >= 15 is 0 Å². The standard InChI is InChI=1S/C25H30N2O5/c1-16(24(29)30)8-7-13-26-23(28)14-17(2)27-25(31)32-15-22-20-11-5-3-9-18(20)19-10-4-6-12-21(19)22/h3-6,9-12,16-17,22H,7-8,13-15H2,1-2H3,(H,26,28)(H,27,31)(H,29,30)/t16?,17-/m1/s1. The number of carboxylic acid groups (broad SMARTS) is 1. The van der Waals surface area contributed by atoms with E-state index in [0.29, 0.717) is 19.4 Å². The lowest BCUT2D eigenvalue weighted by atomic mass is 9.98. The molecule has 1 aliphatic carbocycles. The van der Waals surface area contributed by atoms with Gasteiger partial charge in [-0.3, -0.25) is 9.59 Å². The highest BCUT2D eigenvalue weighted by Gasteiger charge is 2.29. The van der Waals surface area contributed by atoms with Gasteiger partial charge in [0.1, 0.15) is 6.61 Å². The lowest BCUT2D eigenvalue weighted by Gasteiger charge is -2.17. The highest BCUT2D eigenvalue weighted by Crippen LogP contribution is 2.44. The molecule has 0 bridgehead atoms. The Morgan fingerprint density at radius 2 is 1.59 bits per heavy atom.